The van der Waals surface area contributed by atoms with Crippen LogP contribution in [0.15, 0.2) is 32.3 Å². The molecule has 0 spiro atoms. The maximum absolute atomic E-state index is 11.4. The van der Waals surface area contributed by atoms with Crippen molar-refractivity contribution in [1.82, 2.24) is 9.55 Å². The number of carboxylic acid groups (broad SMARTS) is 1. The zero-order valence-electron chi connectivity index (χ0n) is 8.84. The highest BCUT2D eigenvalue weighted by molar-refractivity contribution is 6.30. The number of furan rings is 1. The lowest BCUT2D eigenvalue weighted by atomic mass is 10.4. The number of hydrogen-bond donors (Lipinski definition) is 2. The summed E-state index contributed by atoms with van der Waals surface area (Å²) in [5.74, 6) is -1.17. The number of aromatic amines is 1. The summed E-state index contributed by atoms with van der Waals surface area (Å²) < 4.78 is 6.09. The Hall–Kier alpha value is -2.28. The molecule has 18 heavy (non-hydrogen) atoms. The smallest absolute Gasteiger partial charge is 0.371 e. The molecular formula is C10H7ClN2O5. The number of H-pyrrole nitrogens is 1. The molecule has 2 heterocycles. The van der Waals surface area contributed by atoms with E-state index >= 15 is 0 Å². The normalized spacial score (nSPS) is 10.5. The van der Waals surface area contributed by atoms with Crippen LogP contribution in [-0.2, 0) is 6.54 Å². The monoisotopic (exact) mass is 270 g/mol. The van der Waals surface area contributed by atoms with Crippen LogP contribution in [0.1, 0.15) is 16.3 Å². The molecule has 2 aromatic heterocycles. The molecule has 0 fully saturated rings. The van der Waals surface area contributed by atoms with Crippen molar-refractivity contribution in [2.45, 2.75) is 6.54 Å². The second-order valence-corrected chi connectivity index (χ2v) is 3.84. The van der Waals surface area contributed by atoms with Gasteiger partial charge in [0.2, 0.25) is 5.76 Å². The number of aromatic carboxylic acids is 1. The predicted molar refractivity (Wildman–Crippen MR) is 61.1 cm³/mol. The van der Waals surface area contributed by atoms with E-state index in [-0.39, 0.29) is 23.1 Å². The molecule has 2 N–H and O–H groups in total. The third kappa shape index (κ3) is 2.35. The fourth-order valence-corrected chi connectivity index (χ4v) is 1.51. The number of carboxylic acids is 1. The fourth-order valence-electron chi connectivity index (χ4n) is 1.35. The summed E-state index contributed by atoms with van der Waals surface area (Å²) in [6.07, 6.45) is 1.16. The Labute approximate surface area is 104 Å². The SMILES string of the molecule is O=C(O)c1ccc(Cn2cc(Cl)c(=O)[nH]c2=O)o1. The van der Waals surface area contributed by atoms with Crippen molar-refractivity contribution >= 4 is 17.6 Å². The van der Waals surface area contributed by atoms with Gasteiger partial charge in [-0.15, -0.1) is 0 Å². The van der Waals surface area contributed by atoms with E-state index in [1.807, 2.05) is 4.98 Å². The second kappa shape index (κ2) is 4.53. The minimum Gasteiger partial charge on any atom is -0.475 e. The molecule has 0 unspecified atom stereocenters. The Kier molecular flexibility index (Phi) is 3.07. The summed E-state index contributed by atoms with van der Waals surface area (Å²) >= 11 is 5.58. The molecule has 0 saturated heterocycles. The highest BCUT2D eigenvalue weighted by Crippen LogP contribution is 2.09. The Bertz CT molecular complexity index is 712. The highest BCUT2D eigenvalue weighted by atomic mass is 35.5. The van der Waals surface area contributed by atoms with Gasteiger partial charge in [-0.2, -0.15) is 0 Å². The van der Waals surface area contributed by atoms with Gasteiger partial charge >= 0.3 is 11.7 Å². The first-order valence-corrected chi connectivity index (χ1v) is 5.16. The van der Waals surface area contributed by atoms with Crippen molar-refractivity contribution in [2.24, 2.45) is 0 Å². The van der Waals surface area contributed by atoms with Gasteiger partial charge in [-0.3, -0.25) is 14.3 Å². The zero-order chi connectivity index (χ0) is 13.3. The van der Waals surface area contributed by atoms with Gasteiger partial charge in [0.05, 0.1) is 6.54 Å². The van der Waals surface area contributed by atoms with E-state index in [1.54, 1.807) is 0 Å². The molecule has 0 atom stereocenters. The maximum Gasteiger partial charge on any atom is 0.371 e. The van der Waals surface area contributed by atoms with Crippen LogP contribution in [-0.4, -0.2) is 20.6 Å². The van der Waals surface area contributed by atoms with E-state index in [1.165, 1.54) is 12.1 Å². The second-order valence-electron chi connectivity index (χ2n) is 3.44. The molecule has 0 aliphatic heterocycles. The standard InChI is InChI=1S/C10H7ClN2O5/c11-6-4-13(10(17)12-8(6)14)3-5-1-2-7(18-5)9(15)16/h1-2,4H,3H2,(H,15,16)(H,12,14,17). The third-order valence-electron chi connectivity index (χ3n) is 2.17. The lowest BCUT2D eigenvalue weighted by Gasteiger charge is -2.02. The Morgan fingerprint density at radius 2 is 2.17 bits per heavy atom. The quantitative estimate of drug-likeness (QED) is 0.846. The van der Waals surface area contributed by atoms with E-state index in [2.05, 4.69) is 0 Å². The van der Waals surface area contributed by atoms with Crippen molar-refractivity contribution in [2.75, 3.05) is 0 Å². The van der Waals surface area contributed by atoms with E-state index in [4.69, 9.17) is 21.1 Å². The number of nitrogens with zero attached hydrogens (tertiary/aromatic N) is 1. The van der Waals surface area contributed by atoms with Crippen molar-refractivity contribution in [3.05, 3.63) is 55.7 Å². The lowest BCUT2D eigenvalue weighted by Crippen LogP contribution is -2.29. The number of rotatable bonds is 3. The van der Waals surface area contributed by atoms with Crippen LogP contribution in [0, 0.1) is 0 Å². The average Bonchev–Trinajstić information content (AvgIpc) is 2.74. The van der Waals surface area contributed by atoms with Gasteiger partial charge in [-0.05, 0) is 12.1 Å². The molecule has 0 radical (unpaired) electrons. The minimum absolute atomic E-state index is 0.0252. The third-order valence-corrected chi connectivity index (χ3v) is 2.44. The van der Waals surface area contributed by atoms with Crippen molar-refractivity contribution in [3.63, 3.8) is 0 Å². The molecule has 2 rings (SSSR count). The molecule has 0 aromatic carbocycles. The van der Waals surface area contributed by atoms with Gasteiger partial charge in [0, 0.05) is 6.20 Å². The summed E-state index contributed by atoms with van der Waals surface area (Å²) in [6.45, 7) is -0.0252. The van der Waals surface area contributed by atoms with E-state index in [9.17, 15) is 14.4 Å². The van der Waals surface area contributed by atoms with E-state index in [0.29, 0.717) is 0 Å². The van der Waals surface area contributed by atoms with Crippen LogP contribution < -0.4 is 11.2 Å². The highest BCUT2D eigenvalue weighted by Gasteiger charge is 2.10. The molecule has 0 bridgehead atoms. The van der Waals surface area contributed by atoms with Crippen LogP contribution in [0.5, 0.6) is 0 Å². The number of carbonyl (C=O) groups is 1. The van der Waals surface area contributed by atoms with Crippen LogP contribution >= 0.6 is 11.6 Å². The van der Waals surface area contributed by atoms with Gasteiger partial charge < -0.3 is 9.52 Å². The van der Waals surface area contributed by atoms with Crippen LogP contribution in [0.2, 0.25) is 5.02 Å². The molecule has 7 nitrogen and oxygen atoms in total. The van der Waals surface area contributed by atoms with Gasteiger partial charge in [0.15, 0.2) is 0 Å². The number of halogens is 1. The van der Waals surface area contributed by atoms with Crippen LogP contribution in [0.3, 0.4) is 0 Å². The summed E-state index contributed by atoms with van der Waals surface area (Å²) in [4.78, 5) is 35.1. The Balaban J connectivity index is 2.34. The first-order valence-electron chi connectivity index (χ1n) is 4.78. The lowest BCUT2D eigenvalue weighted by molar-refractivity contribution is 0.0660. The van der Waals surface area contributed by atoms with Crippen molar-refractivity contribution in [3.8, 4) is 0 Å². The van der Waals surface area contributed by atoms with Crippen molar-refractivity contribution in [1.29, 1.82) is 0 Å². The topological polar surface area (TPSA) is 105 Å². The minimum atomic E-state index is -1.20. The zero-order valence-corrected chi connectivity index (χ0v) is 9.60. The van der Waals surface area contributed by atoms with E-state index < -0.39 is 17.2 Å². The summed E-state index contributed by atoms with van der Waals surface area (Å²) in [5.41, 5.74) is -1.33. The summed E-state index contributed by atoms with van der Waals surface area (Å²) in [6, 6.07) is 2.70. The molecular weight excluding hydrogens is 264 g/mol. The number of aromatic nitrogens is 2. The van der Waals surface area contributed by atoms with Gasteiger partial charge in [-0.1, -0.05) is 11.6 Å². The predicted octanol–water partition coefficient (Wildman–Crippen LogP) is 0.529. The molecule has 0 aliphatic carbocycles. The Morgan fingerprint density at radius 3 is 2.78 bits per heavy atom. The first-order chi connectivity index (χ1) is 8.47. The fraction of sp³-hybridized carbons (Fsp3) is 0.100. The summed E-state index contributed by atoms with van der Waals surface area (Å²) in [5, 5.41) is 8.53. The Morgan fingerprint density at radius 1 is 1.44 bits per heavy atom. The number of hydrogen-bond acceptors (Lipinski definition) is 4. The largest absolute Gasteiger partial charge is 0.475 e. The van der Waals surface area contributed by atoms with Crippen molar-refractivity contribution < 1.29 is 14.3 Å². The van der Waals surface area contributed by atoms with Gasteiger partial charge in [0.25, 0.3) is 5.56 Å². The molecule has 2 aromatic rings. The first kappa shape index (κ1) is 12.2. The molecule has 0 aliphatic rings. The molecule has 94 valence electrons. The molecule has 0 amide bonds. The summed E-state index contributed by atoms with van der Waals surface area (Å²) in [7, 11) is 0. The molecule has 8 heteroatoms. The van der Waals surface area contributed by atoms with E-state index in [0.717, 1.165) is 10.8 Å². The van der Waals surface area contributed by atoms with Crippen LogP contribution in [0.25, 0.3) is 0 Å². The molecule has 0 saturated carbocycles. The maximum atomic E-state index is 11.4. The average molecular weight is 271 g/mol. The number of nitrogens with one attached hydrogen (secondary N) is 1. The van der Waals surface area contributed by atoms with Gasteiger partial charge in [-0.25, -0.2) is 9.59 Å². The van der Waals surface area contributed by atoms with Crippen LogP contribution in [0.4, 0.5) is 0 Å². The van der Waals surface area contributed by atoms with Gasteiger partial charge in [0.1, 0.15) is 10.8 Å².